The minimum absolute atomic E-state index is 0.0360. The van der Waals surface area contributed by atoms with Crippen LogP contribution in [-0.2, 0) is 14.3 Å². The zero-order chi connectivity index (χ0) is 15.0. The molecule has 0 heterocycles. The topological polar surface area (TPSA) is 64.6 Å². The van der Waals surface area contributed by atoms with Crippen molar-refractivity contribution in [1.29, 1.82) is 0 Å². The number of amides is 1. The van der Waals surface area contributed by atoms with E-state index >= 15 is 0 Å². The molecule has 0 aromatic rings. The summed E-state index contributed by atoms with van der Waals surface area (Å²) < 4.78 is 10.4. The van der Waals surface area contributed by atoms with Crippen molar-refractivity contribution in [2.45, 2.75) is 52.6 Å². The highest BCUT2D eigenvalue weighted by Gasteiger charge is 2.70. The van der Waals surface area contributed by atoms with Crippen molar-refractivity contribution in [2.75, 3.05) is 13.2 Å². The monoisotopic (exact) mass is 283 g/mol. The molecule has 0 radical (unpaired) electrons. The van der Waals surface area contributed by atoms with Crippen LogP contribution in [0.15, 0.2) is 0 Å². The molecule has 5 nitrogen and oxygen atoms in total. The van der Waals surface area contributed by atoms with Gasteiger partial charge in [0.2, 0.25) is 0 Å². The van der Waals surface area contributed by atoms with Gasteiger partial charge in [0.25, 0.3) is 0 Å². The Hall–Kier alpha value is -1.26. The summed E-state index contributed by atoms with van der Waals surface area (Å²) in [5.41, 5.74) is -0.579. The average molecular weight is 283 g/mol. The Balaban J connectivity index is 1.88. The SMILES string of the molecule is CCOC(=O)[C@@H]1[C@@H]2CCC[C@]12CNC(=O)OC(C)(C)C. The lowest BCUT2D eigenvalue weighted by molar-refractivity contribution is -0.146. The standard InChI is InChI=1S/C15H25NO4/c1-5-19-12(17)11-10-7-6-8-15(10,11)9-16-13(18)20-14(2,3)4/h10-11H,5-9H2,1-4H3,(H,16,18)/t10-,11-,15+/m0/s1. The van der Waals surface area contributed by atoms with E-state index in [0.717, 1.165) is 19.3 Å². The van der Waals surface area contributed by atoms with Gasteiger partial charge in [-0.1, -0.05) is 6.42 Å². The molecule has 0 aliphatic heterocycles. The van der Waals surface area contributed by atoms with E-state index in [2.05, 4.69) is 5.32 Å². The predicted molar refractivity (Wildman–Crippen MR) is 74.1 cm³/mol. The number of carbonyl (C=O) groups excluding carboxylic acids is 2. The van der Waals surface area contributed by atoms with Crippen molar-refractivity contribution >= 4 is 12.1 Å². The minimum atomic E-state index is -0.499. The maximum Gasteiger partial charge on any atom is 0.407 e. The van der Waals surface area contributed by atoms with Gasteiger partial charge in [0, 0.05) is 12.0 Å². The summed E-state index contributed by atoms with van der Waals surface area (Å²) in [6, 6.07) is 0. The van der Waals surface area contributed by atoms with Gasteiger partial charge in [0.05, 0.1) is 12.5 Å². The normalized spacial score (nSPS) is 31.4. The van der Waals surface area contributed by atoms with Gasteiger partial charge in [-0.25, -0.2) is 4.79 Å². The maximum atomic E-state index is 11.9. The van der Waals surface area contributed by atoms with Crippen LogP contribution in [0.3, 0.4) is 0 Å². The quantitative estimate of drug-likeness (QED) is 0.805. The highest BCUT2D eigenvalue weighted by molar-refractivity contribution is 5.78. The first-order valence-corrected chi connectivity index (χ1v) is 7.43. The van der Waals surface area contributed by atoms with Crippen LogP contribution < -0.4 is 5.32 Å². The Morgan fingerprint density at radius 3 is 2.65 bits per heavy atom. The lowest BCUT2D eigenvalue weighted by Crippen LogP contribution is -2.36. The van der Waals surface area contributed by atoms with Gasteiger partial charge in [0.1, 0.15) is 5.60 Å². The van der Waals surface area contributed by atoms with Crippen molar-refractivity contribution in [3.63, 3.8) is 0 Å². The minimum Gasteiger partial charge on any atom is -0.466 e. The van der Waals surface area contributed by atoms with E-state index in [1.165, 1.54) is 0 Å². The van der Waals surface area contributed by atoms with E-state index in [1.54, 1.807) is 0 Å². The summed E-state index contributed by atoms with van der Waals surface area (Å²) in [6.45, 7) is 8.25. The summed E-state index contributed by atoms with van der Waals surface area (Å²) in [7, 11) is 0. The molecule has 2 aliphatic rings. The highest BCUT2D eigenvalue weighted by atomic mass is 16.6. The number of fused-ring (bicyclic) bond motifs is 1. The van der Waals surface area contributed by atoms with E-state index in [0.29, 0.717) is 19.1 Å². The fourth-order valence-electron chi connectivity index (χ4n) is 3.53. The molecule has 2 rings (SSSR count). The highest BCUT2D eigenvalue weighted by Crippen LogP contribution is 2.68. The third kappa shape index (κ3) is 2.91. The summed E-state index contributed by atoms with van der Waals surface area (Å²) in [5.74, 6) is 0.228. The summed E-state index contributed by atoms with van der Waals surface area (Å²) in [6.07, 6.45) is 2.75. The number of ether oxygens (including phenoxy) is 2. The van der Waals surface area contributed by atoms with Crippen molar-refractivity contribution in [1.82, 2.24) is 5.32 Å². The van der Waals surface area contributed by atoms with Crippen LogP contribution in [0, 0.1) is 17.3 Å². The first-order chi connectivity index (χ1) is 9.30. The second-order valence-electron chi connectivity index (χ2n) is 6.82. The molecule has 0 aromatic heterocycles. The Morgan fingerprint density at radius 2 is 2.05 bits per heavy atom. The lowest BCUT2D eigenvalue weighted by atomic mass is 10.00. The molecule has 2 saturated carbocycles. The molecular formula is C15H25NO4. The molecule has 0 aromatic carbocycles. The Bertz CT molecular complexity index is 401. The first kappa shape index (κ1) is 15.1. The van der Waals surface area contributed by atoms with Gasteiger partial charge in [-0.3, -0.25) is 4.79 Å². The Labute approximate surface area is 120 Å². The fraction of sp³-hybridized carbons (Fsp3) is 0.867. The number of hydrogen-bond donors (Lipinski definition) is 1. The van der Waals surface area contributed by atoms with Gasteiger partial charge in [0.15, 0.2) is 0 Å². The van der Waals surface area contributed by atoms with Crippen LogP contribution in [0.5, 0.6) is 0 Å². The predicted octanol–water partition coefficient (Wildman–Crippen LogP) is 2.49. The number of hydrogen-bond acceptors (Lipinski definition) is 4. The maximum absolute atomic E-state index is 11.9. The van der Waals surface area contributed by atoms with Crippen LogP contribution in [0.4, 0.5) is 4.79 Å². The number of carbonyl (C=O) groups is 2. The van der Waals surface area contributed by atoms with Crippen molar-refractivity contribution in [3.8, 4) is 0 Å². The van der Waals surface area contributed by atoms with Crippen LogP contribution in [0.2, 0.25) is 0 Å². The van der Waals surface area contributed by atoms with Crippen molar-refractivity contribution in [3.05, 3.63) is 0 Å². The number of rotatable bonds is 4. The summed E-state index contributed by atoms with van der Waals surface area (Å²) in [4.78, 5) is 23.7. The average Bonchev–Trinajstić information content (AvgIpc) is 2.75. The van der Waals surface area contributed by atoms with Gasteiger partial charge >= 0.3 is 12.1 Å². The fourth-order valence-corrected chi connectivity index (χ4v) is 3.53. The number of nitrogens with one attached hydrogen (secondary N) is 1. The second kappa shape index (κ2) is 5.26. The molecular weight excluding hydrogens is 258 g/mol. The van der Waals surface area contributed by atoms with Gasteiger partial charge in [-0.15, -0.1) is 0 Å². The van der Waals surface area contributed by atoms with Crippen molar-refractivity contribution < 1.29 is 19.1 Å². The van der Waals surface area contributed by atoms with Gasteiger partial charge < -0.3 is 14.8 Å². The molecule has 2 aliphatic carbocycles. The third-order valence-electron chi connectivity index (χ3n) is 4.31. The van der Waals surface area contributed by atoms with E-state index in [4.69, 9.17) is 9.47 Å². The van der Waals surface area contributed by atoms with Crippen LogP contribution in [0.1, 0.15) is 47.0 Å². The molecule has 114 valence electrons. The zero-order valence-electron chi connectivity index (χ0n) is 12.8. The molecule has 0 saturated heterocycles. The molecule has 5 heteroatoms. The summed E-state index contributed by atoms with van der Waals surface area (Å²) >= 11 is 0. The van der Waals surface area contributed by atoms with Crippen molar-refractivity contribution in [2.24, 2.45) is 17.3 Å². The Kier molecular flexibility index (Phi) is 3.98. The van der Waals surface area contributed by atoms with Gasteiger partial charge in [-0.2, -0.15) is 0 Å². The van der Waals surface area contributed by atoms with E-state index in [1.807, 2.05) is 27.7 Å². The Morgan fingerprint density at radius 1 is 1.35 bits per heavy atom. The van der Waals surface area contributed by atoms with Crippen LogP contribution >= 0.6 is 0 Å². The molecule has 0 unspecified atom stereocenters. The molecule has 20 heavy (non-hydrogen) atoms. The third-order valence-corrected chi connectivity index (χ3v) is 4.31. The first-order valence-electron chi connectivity index (χ1n) is 7.43. The van der Waals surface area contributed by atoms with E-state index in [9.17, 15) is 9.59 Å². The largest absolute Gasteiger partial charge is 0.466 e. The smallest absolute Gasteiger partial charge is 0.407 e. The second-order valence-corrected chi connectivity index (χ2v) is 6.82. The van der Waals surface area contributed by atoms with E-state index < -0.39 is 11.7 Å². The van der Waals surface area contributed by atoms with Crippen LogP contribution in [0.25, 0.3) is 0 Å². The van der Waals surface area contributed by atoms with Gasteiger partial charge in [-0.05, 0) is 46.5 Å². The van der Waals surface area contributed by atoms with Crippen LogP contribution in [-0.4, -0.2) is 30.8 Å². The molecule has 0 bridgehead atoms. The summed E-state index contributed by atoms with van der Waals surface area (Å²) in [5, 5.41) is 2.82. The molecule has 1 N–H and O–H groups in total. The number of esters is 1. The molecule has 0 spiro atoms. The molecule has 2 fully saturated rings. The lowest BCUT2D eigenvalue weighted by Gasteiger charge is -2.21. The molecule has 1 amide bonds. The number of alkyl carbamates (subject to hydrolysis) is 1. The zero-order valence-corrected chi connectivity index (χ0v) is 12.8. The molecule has 3 atom stereocenters. The van der Waals surface area contributed by atoms with E-state index in [-0.39, 0.29) is 17.3 Å².